The van der Waals surface area contributed by atoms with Crippen LogP contribution in [0.1, 0.15) is 24.4 Å². The van der Waals surface area contributed by atoms with Crippen LogP contribution in [-0.4, -0.2) is 64.9 Å². The minimum absolute atomic E-state index is 0.0439. The van der Waals surface area contributed by atoms with Crippen LogP contribution in [0, 0.1) is 0 Å². The molecule has 0 spiro atoms. The minimum atomic E-state index is -3.57. The molecular formula is C17H24N2O6S. The zero-order chi connectivity index (χ0) is 18.1. The van der Waals surface area contributed by atoms with E-state index in [1.165, 1.54) is 0 Å². The van der Waals surface area contributed by atoms with Crippen molar-refractivity contribution in [3.8, 4) is 11.5 Å². The molecule has 2 fully saturated rings. The van der Waals surface area contributed by atoms with E-state index >= 15 is 0 Å². The van der Waals surface area contributed by atoms with Crippen LogP contribution in [-0.2, 0) is 19.6 Å². The molecule has 144 valence electrons. The van der Waals surface area contributed by atoms with Crippen LogP contribution in [0.3, 0.4) is 0 Å². The first-order valence-corrected chi connectivity index (χ1v) is 10.4. The zero-order valence-electron chi connectivity index (χ0n) is 14.7. The van der Waals surface area contributed by atoms with E-state index < -0.39 is 21.3 Å². The first-order chi connectivity index (χ1) is 12.5. The molecule has 0 bridgehead atoms. The van der Waals surface area contributed by atoms with Crippen molar-refractivity contribution in [1.29, 1.82) is 0 Å². The molecule has 0 aliphatic carbocycles. The molecule has 0 amide bonds. The number of ether oxygens (including phenoxy) is 3. The maximum atomic E-state index is 12.9. The minimum Gasteiger partial charge on any atom is -0.486 e. The average molecular weight is 384 g/mol. The summed E-state index contributed by atoms with van der Waals surface area (Å²) in [7, 11) is -1.82. The number of hydrogen-bond donors (Lipinski definition) is 1. The third kappa shape index (κ3) is 3.54. The Morgan fingerprint density at radius 2 is 2.00 bits per heavy atom. The monoisotopic (exact) mass is 384 g/mol. The Balaban J connectivity index is 1.53. The van der Waals surface area contributed by atoms with Gasteiger partial charge in [0.1, 0.15) is 18.5 Å². The van der Waals surface area contributed by atoms with E-state index in [0.717, 1.165) is 18.4 Å². The standard InChI is InChI=1S/C17H24N2O6S/c1-19-17(12-4-5-14-15(9-12)24-8-7-23-14)16(11-25-19)26(20,21)18-10-13-3-2-6-22-13/h4-5,9,13,16-18H,2-3,6-8,10-11H2,1H3. The molecular weight excluding hydrogens is 360 g/mol. The summed E-state index contributed by atoms with van der Waals surface area (Å²) in [5.41, 5.74) is 0.821. The molecule has 0 aromatic heterocycles. The van der Waals surface area contributed by atoms with E-state index in [9.17, 15) is 8.42 Å². The first kappa shape index (κ1) is 18.0. The molecule has 3 aliphatic heterocycles. The number of rotatable bonds is 5. The SMILES string of the molecule is CN1OCC(S(=O)(=O)NCC2CCCO2)C1c1ccc2c(c1)OCCO2. The summed E-state index contributed by atoms with van der Waals surface area (Å²) in [6, 6.07) is 5.10. The van der Waals surface area contributed by atoms with Gasteiger partial charge in [0.25, 0.3) is 0 Å². The van der Waals surface area contributed by atoms with Crippen molar-refractivity contribution in [2.75, 3.05) is 40.0 Å². The summed E-state index contributed by atoms with van der Waals surface area (Å²) >= 11 is 0. The van der Waals surface area contributed by atoms with Gasteiger partial charge in [-0.3, -0.25) is 4.84 Å². The third-order valence-corrected chi connectivity index (χ3v) is 6.79. The Kier molecular flexibility index (Phi) is 5.07. The summed E-state index contributed by atoms with van der Waals surface area (Å²) in [5.74, 6) is 1.31. The summed E-state index contributed by atoms with van der Waals surface area (Å²) in [4.78, 5) is 5.55. The molecule has 2 saturated heterocycles. The molecule has 3 aliphatic rings. The largest absolute Gasteiger partial charge is 0.486 e. The number of fused-ring (bicyclic) bond motifs is 1. The van der Waals surface area contributed by atoms with Crippen LogP contribution >= 0.6 is 0 Å². The van der Waals surface area contributed by atoms with E-state index in [-0.39, 0.29) is 12.7 Å². The molecule has 1 aromatic carbocycles. The Morgan fingerprint density at radius 3 is 2.77 bits per heavy atom. The van der Waals surface area contributed by atoms with Gasteiger partial charge in [-0.1, -0.05) is 6.07 Å². The van der Waals surface area contributed by atoms with Crippen LogP contribution in [0.25, 0.3) is 0 Å². The van der Waals surface area contributed by atoms with E-state index in [1.54, 1.807) is 12.1 Å². The number of benzene rings is 1. The van der Waals surface area contributed by atoms with Crippen LogP contribution in [0.2, 0.25) is 0 Å². The van der Waals surface area contributed by atoms with Gasteiger partial charge in [-0.15, -0.1) is 0 Å². The van der Waals surface area contributed by atoms with Crippen molar-refractivity contribution in [3.05, 3.63) is 23.8 Å². The molecule has 1 N–H and O–H groups in total. The quantitative estimate of drug-likeness (QED) is 0.805. The predicted octanol–water partition coefficient (Wildman–Crippen LogP) is 0.843. The Bertz CT molecular complexity index is 750. The second-order valence-corrected chi connectivity index (χ2v) is 8.74. The highest BCUT2D eigenvalue weighted by atomic mass is 32.2. The number of hydroxylamine groups is 2. The fourth-order valence-corrected chi connectivity index (χ4v) is 5.19. The van der Waals surface area contributed by atoms with E-state index in [2.05, 4.69) is 4.72 Å². The zero-order valence-corrected chi connectivity index (χ0v) is 15.5. The highest BCUT2D eigenvalue weighted by Crippen LogP contribution is 2.38. The molecule has 3 heterocycles. The molecule has 0 saturated carbocycles. The van der Waals surface area contributed by atoms with Gasteiger partial charge in [-0.25, -0.2) is 13.1 Å². The molecule has 8 nitrogen and oxygen atoms in total. The van der Waals surface area contributed by atoms with Gasteiger partial charge in [-0.05, 0) is 30.5 Å². The maximum Gasteiger partial charge on any atom is 0.218 e. The lowest BCUT2D eigenvalue weighted by atomic mass is 10.0. The van der Waals surface area contributed by atoms with E-state index in [1.807, 2.05) is 18.2 Å². The Hall–Kier alpha value is -1.39. The summed E-state index contributed by atoms with van der Waals surface area (Å²) in [6.45, 7) is 2.11. The van der Waals surface area contributed by atoms with Crippen LogP contribution < -0.4 is 14.2 Å². The number of nitrogens with zero attached hydrogens (tertiary/aromatic N) is 1. The number of nitrogens with one attached hydrogen (secondary N) is 1. The van der Waals surface area contributed by atoms with Gasteiger partial charge in [0.15, 0.2) is 11.5 Å². The van der Waals surface area contributed by atoms with Gasteiger partial charge in [0, 0.05) is 20.2 Å². The lowest BCUT2D eigenvalue weighted by Gasteiger charge is -2.25. The van der Waals surface area contributed by atoms with Gasteiger partial charge < -0.3 is 14.2 Å². The lowest BCUT2D eigenvalue weighted by molar-refractivity contribution is -0.110. The first-order valence-electron chi connectivity index (χ1n) is 8.90. The van der Waals surface area contributed by atoms with Gasteiger partial charge in [0.2, 0.25) is 10.0 Å². The molecule has 3 atom stereocenters. The lowest BCUT2D eigenvalue weighted by Crippen LogP contribution is -2.42. The van der Waals surface area contributed by atoms with Crippen LogP contribution in [0.4, 0.5) is 0 Å². The molecule has 1 aromatic rings. The second-order valence-electron chi connectivity index (χ2n) is 6.76. The molecule has 26 heavy (non-hydrogen) atoms. The average Bonchev–Trinajstić information content (AvgIpc) is 3.29. The maximum absolute atomic E-state index is 12.9. The predicted molar refractivity (Wildman–Crippen MR) is 93.6 cm³/mol. The normalized spacial score (nSPS) is 29.2. The van der Waals surface area contributed by atoms with Crippen molar-refractivity contribution in [3.63, 3.8) is 0 Å². The van der Waals surface area contributed by atoms with Gasteiger partial charge in [0.05, 0.1) is 18.8 Å². The smallest absolute Gasteiger partial charge is 0.218 e. The summed E-state index contributed by atoms with van der Waals surface area (Å²) < 4.78 is 45.1. The summed E-state index contributed by atoms with van der Waals surface area (Å²) in [6.07, 6.45) is 1.81. The van der Waals surface area contributed by atoms with Crippen molar-refractivity contribution < 1.29 is 27.5 Å². The Morgan fingerprint density at radius 1 is 1.19 bits per heavy atom. The third-order valence-electron chi connectivity index (χ3n) is 5.03. The van der Waals surface area contributed by atoms with Crippen molar-refractivity contribution in [1.82, 2.24) is 9.79 Å². The van der Waals surface area contributed by atoms with Crippen LogP contribution in [0.15, 0.2) is 18.2 Å². The second kappa shape index (κ2) is 7.32. The Labute approximate surface area is 153 Å². The molecule has 0 radical (unpaired) electrons. The fraction of sp³-hybridized carbons (Fsp3) is 0.647. The van der Waals surface area contributed by atoms with Crippen LogP contribution in [0.5, 0.6) is 11.5 Å². The topological polar surface area (TPSA) is 86.3 Å². The van der Waals surface area contributed by atoms with Gasteiger partial charge >= 0.3 is 0 Å². The van der Waals surface area contributed by atoms with Crippen molar-refractivity contribution in [2.24, 2.45) is 0 Å². The number of sulfonamides is 1. The highest BCUT2D eigenvalue weighted by Gasteiger charge is 2.43. The number of hydrogen-bond acceptors (Lipinski definition) is 7. The highest BCUT2D eigenvalue weighted by molar-refractivity contribution is 7.90. The summed E-state index contributed by atoms with van der Waals surface area (Å²) in [5, 5.41) is 0.887. The van der Waals surface area contributed by atoms with Crippen molar-refractivity contribution in [2.45, 2.75) is 30.2 Å². The van der Waals surface area contributed by atoms with E-state index in [0.29, 0.717) is 37.9 Å². The fourth-order valence-electron chi connectivity index (χ4n) is 3.65. The molecule has 9 heteroatoms. The van der Waals surface area contributed by atoms with E-state index in [4.69, 9.17) is 19.0 Å². The molecule has 4 rings (SSSR count). The molecule has 3 unspecified atom stereocenters. The van der Waals surface area contributed by atoms with Crippen molar-refractivity contribution >= 4 is 10.0 Å². The van der Waals surface area contributed by atoms with Gasteiger partial charge in [-0.2, -0.15) is 5.06 Å².